The first-order chi connectivity index (χ1) is 25.5. The van der Waals surface area contributed by atoms with Crippen molar-refractivity contribution in [3.63, 3.8) is 0 Å². The van der Waals surface area contributed by atoms with Crippen LogP contribution in [0, 0.1) is 0 Å². The molecule has 0 N–H and O–H groups in total. The number of benzene rings is 7. The normalized spacial score (nSPS) is 17.1. The quantitative estimate of drug-likeness (QED) is 0.116. The van der Waals surface area contributed by atoms with E-state index in [1.165, 1.54) is 82.3 Å². The summed E-state index contributed by atoms with van der Waals surface area (Å²) >= 11 is 0. The fourth-order valence-electron chi connectivity index (χ4n) is 9.13. The van der Waals surface area contributed by atoms with Crippen LogP contribution in [0.3, 0.4) is 0 Å². The highest BCUT2D eigenvalue weighted by Crippen LogP contribution is 2.47. The molecule has 0 aromatic heterocycles. The zero-order valence-electron chi connectivity index (χ0n) is 30.1. The summed E-state index contributed by atoms with van der Waals surface area (Å²) in [5.74, 6) is 0.540. The van der Waals surface area contributed by atoms with Gasteiger partial charge in [-0.15, -0.1) is 0 Å². The second kappa shape index (κ2) is 13.1. The Kier molecular flexibility index (Phi) is 8.10. The second-order valence-corrected chi connectivity index (χ2v) is 18.5. The molecule has 2 atom stereocenters. The summed E-state index contributed by atoms with van der Waals surface area (Å²) in [6, 6.07) is 65.3. The molecule has 7 aromatic carbocycles. The first-order valence-electron chi connectivity index (χ1n) is 18.6. The van der Waals surface area contributed by atoms with E-state index in [9.17, 15) is 0 Å². The van der Waals surface area contributed by atoms with Gasteiger partial charge in [0.15, 0.2) is 0 Å². The lowest BCUT2D eigenvalue weighted by atomic mass is 9.89. The number of hydrogen-bond donors (Lipinski definition) is 0. The number of allylic oxidation sites excluding steroid dienone is 2. The standard InChI is InChI=1S/C51H42Si/c1-35-33-44(39-23-13-6-14-24-39)50-42(37-19-9-4-10-20-37)29-31-46(48(35)50)52(3,41-27-17-8-18-28-41)47-32-30-43(38-21-11-5-12-22-38)51-45(34-36(2)49(47)51)40-25-15-7-16-26-40/h4-36H,1-3H3. The van der Waals surface area contributed by atoms with Crippen LogP contribution in [0.4, 0.5) is 0 Å². The van der Waals surface area contributed by atoms with Crippen molar-refractivity contribution >= 4 is 34.8 Å². The van der Waals surface area contributed by atoms with Crippen molar-refractivity contribution in [2.45, 2.75) is 32.2 Å². The average molecular weight is 683 g/mol. The van der Waals surface area contributed by atoms with Crippen molar-refractivity contribution in [3.05, 3.63) is 221 Å². The van der Waals surface area contributed by atoms with Crippen LogP contribution in [-0.2, 0) is 0 Å². The topological polar surface area (TPSA) is 0 Å². The van der Waals surface area contributed by atoms with Gasteiger partial charge in [0.05, 0.1) is 0 Å². The molecule has 0 heterocycles. The molecular formula is C51H42Si. The van der Waals surface area contributed by atoms with Crippen LogP contribution in [0.2, 0.25) is 6.55 Å². The van der Waals surface area contributed by atoms with Crippen LogP contribution in [0.1, 0.15) is 59.1 Å². The molecule has 0 saturated heterocycles. The number of rotatable bonds is 7. The van der Waals surface area contributed by atoms with Gasteiger partial charge in [0.2, 0.25) is 0 Å². The molecule has 2 unspecified atom stereocenters. The maximum Gasteiger partial charge on any atom is 0.146 e. The zero-order chi connectivity index (χ0) is 35.2. The maximum atomic E-state index is 2.62. The van der Waals surface area contributed by atoms with E-state index in [0.29, 0.717) is 0 Å². The lowest BCUT2D eigenvalue weighted by molar-refractivity contribution is 0.994. The summed E-state index contributed by atoms with van der Waals surface area (Å²) in [6.07, 6.45) is 5.05. The van der Waals surface area contributed by atoms with Gasteiger partial charge in [-0.1, -0.05) is 208 Å². The van der Waals surface area contributed by atoms with Gasteiger partial charge in [-0.05, 0) is 82.3 Å². The Labute approximate surface area is 309 Å². The molecule has 9 rings (SSSR count). The van der Waals surface area contributed by atoms with Crippen molar-refractivity contribution in [2.75, 3.05) is 0 Å². The van der Waals surface area contributed by atoms with E-state index in [4.69, 9.17) is 0 Å². The van der Waals surface area contributed by atoms with Gasteiger partial charge in [0.25, 0.3) is 0 Å². The highest BCUT2D eigenvalue weighted by atomic mass is 28.3. The van der Waals surface area contributed by atoms with Crippen molar-refractivity contribution in [3.8, 4) is 22.3 Å². The summed E-state index contributed by atoms with van der Waals surface area (Å²) < 4.78 is 0. The maximum absolute atomic E-state index is 2.65. The fraction of sp³-hybridized carbons (Fsp3) is 0.0980. The van der Waals surface area contributed by atoms with E-state index in [1.54, 1.807) is 0 Å². The lowest BCUT2D eigenvalue weighted by Gasteiger charge is -2.36. The van der Waals surface area contributed by atoms with Crippen molar-refractivity contribution in [1.29, 1.82) is 0 Å². The van der Waals surface area contributed by atoms with Gasteiger partial charge in [0, 0.05) is 11.8 Å². The van der Waals surface area contributed by atoms with Gasteiger partial charge in [-0.3, -0.25) is 0 Å². The Morgan fingerprint density at radius 3 is 1.06 bits per heavy atom. The van der Waals surface area contributed by atoms with Crippen LogP contribution in [-0.4, -0.2) is 8.07 Å². The molecule has 0 fully saturated rings. The lowest BCUT2D eigenvalue weighted by Crippen LogP contribution is -2.66. The van der Waals surface area contributed by atoms with Gasteiger partial charge in [-0.25, -0.2) is 0 Å². The second-order valence-electron chi connectivity index (χ2n) is 14.6. The number of hydrogen-bond acceptors (Lipinski definition) is 0. The summed E-state index contributed by atoms with van der Waals surface area (Å²) in [5, 5.41) is 4.47. The van der Waals surface area contributed by atoms with Gasteiger partial charge >= 0.3 is 0 Å². The summed E-state index contributed by atoms with van der Waals surface area (Å²) in [6.45, 7) is 7.44. The third-order valence-corrected chi connectivity index (χ3v) is 16.1. The monoisotopic (exact) mass is 682 g/mol. The Morgan fingerprint density at radius 1 is 0.365 bits per heavy atom. The summed E-state index contributed by atoms with van der Waals surface area (Å²) in [4.78, 5) is 0. The van der Waals surface area contributed by atoms with Crippen LogP contribution < -0.4 is 15.6 Å². The number of fused-ring (bicyclic) bond motifs is 2. The van der Waals surface area contributed by atoms with Crippen LogP contribution in [0.25, 0.3) is 33.4 Å². The zero-order valence-corrected chi connectivity index (χ0v) is 31.1. The van der Waals surface area contributed by atoms with Crippen molar-refractivity contribution in [1.82, 2.24) is 0 Å². The third kappa shape index (κ3) is 5.19. The molecule has 52 heavy (non-hydrogen) atoms. The summed E-state index contributed by atoms with van der Waals surface area (Å²) in [5.41, 5.74) is 16.2. The molecule has 1 heteroatoms. The summed E-state index contributed by atoms with van der Waals surface area (Å²) in [7, 11) is -2.65. The van der Waals surface area contributed by atoms with E-state index in [2.05, 4.69) is 208 Å². The largest absolute Gasteiger partial charge is 0.146 e. The average Bonchev–Trinajstić information content (AvgIpc) is 3.75. The Balaban J connectivity index is 1.36. The molecule has 0 bridgehead atoms. The van der Waals surface area contributed by atoms with Crippen LogP contribution in [0.5, 0.6) is 0 Å². The van der Waals surface area contributed by atoms with E-state index in [-0.39, 0.29) is 11.8 Å². The molecule has 0 nitrogen and oxygen atoms in total. The van der Waals surface area contributed by atoms with Gasteiger partial charge in [-0.2, -0.15) is 0 Å². The van der Waals surface area contributed by atoms with Crippen LogP contribution in [0.15, 0.2) is 188 Å². The third-order valence-electron chi connectivity index (χ3n) is 11.5. The smallest absolute Gasteiger partial charge is 0.0688 e. The SMILES string of the molecule is CC1C=C(c2ccccc2)c2c(-c3ccccc3)ccc([Si](C)(c3ccccc3)c3ccc(-c4ccccc4)c4c3C(C)C=C4c3ccccc3)c21. The minimum atomic E-state index is -2.65. The fourth-order valence-corrected chi connectivity index (χ4v) is 13.5. The van der Waals surface area contributed by atoms with E-state index in [1.807, 2.05) is 0 Å². The van der Waals surface area contributed by atoms with Crippen molar-refractivity contribution < 1.29 is 0 Å². The van der Waals surface area contributed by atoms with E-state index in [0.717, 1.165) is 0 Å². The van der Waals surface area contributed by atoms with E-state index >= 15 is 0 Å². The van der Waals surface area contributed by atoms with Gasteiger partial charge in [0.1, 0.15) is 8.07 Å². The molecule has 7 aromatic rings. The van der Waals surface area contributed by atoms with Crippen LogP contribution >= 0.6 is 0 Å². The first kappa shape index (κ1) is 32.2. The Bertz CT molecular complexity index is 2300. The Morgan fingerprint density at radius 2 is 0.692 bits per heavy atom. The highest BCUT2D eigenvalue weighted by molar-refractivity contribution is 7.11. The Hall–Kier alpha value is -5.76. The predicted octanol–water partition coefficient (Wildman–Crippen LogP) is 11.2. The molecule has 250 valence electrons. The molecule has 0 amide bonds. The van der Waals surface area contributed by atoms with Crippen molar-refractivity contribution in [2.24, 2.45) is 0 Å². The highest BCUT2D eigenvalue weighted by Gasteiger charge is 2.43. The molecule has 2 aliphatic carbocycles. The molecule has 0 spiro atoms. The molecule has 2 aliphatic rings. The molecule has 0 saturated carbocycles. The minimum Gasteiger partial charge on any atom is -0.0688 e. The first-order valence-corrected chi connectivity index (χ1v) is 21.1. The van der Waals surface area contributed by atoms with E-state index < -0.39 is 8.07 Å². The molecular weight excluding hydrogens is 641 g/mol. The molecule has 0 radical (unpaired) electrons. The molecule has 0 aliphatic heterocycles. The minimum absolute atomic E-state index is 0.270. The predicted molar refractivity (Wildman–Crippen MR) is 225 cm³/mol. The van der Waals surface area contributed by atoms with Gasteiger partial charge < -0.3 is 0 Å².